The fraction of sp³-hybridized carbons (Fsp3) is 0.375. The van der Waals surface area contributed by atoms with E-state index >= 15 is 0 Å². The number of carboxylic acids is 1. The molecule has 8 heteroatoms. The van der Waals surface area contributed by atoms with E-state index in [4.69, 9.17) is 9.47 Å². The maximum Gasteiger partial charge on any atom is 0.308 e. The normalized spacial score (nSPS) is 14.4. The van der Waals surface area contributed by atoms with Crippen LogP contribution in [0.25, 0.3) is 10.2 Å². The lowest BCUT2D eigenvalue weighted by Gasteiger charge is -2.18. The zero-order chi connectivity index (χ0) is 22.7. The predicted molar refractivity (Wildman–Crippen MR) is 119 cm³/mol. The zero-order valence-electron chi connectivity index (χ0n) is 17.7. The molecule has 2 aromatic carbocycles. The van der Waals surface area contributed by atoms with Crippen molar-refractivity contribution >= 4 is 33.3 Å². The second-order valence-electron chi connectivity index (χ2n) is 7.80. The van der Waals surface area contributed by atoms with Crippen molar-refractivity contribution in [3.8, 4) is 5.75 Å². The van der Waals surface area contributed by atoms with Crippen LogP contribution in [0, 0.1) is 5.92 Å². The highest BCUT2D eigenvalue weighted by atomic mass is 32.1. The van der Waals surface area contributed by atoms with E-state index in [-0.39, 0.29) is 23.0 Å². The molecule has 1 atom stereocenters. The average molecular weight is 455 g/mol. The number of carboxylic acid groups (broad SMARTS) is 1. The maximum absolute atomic E-state index is 12.4. The summed E-state index contributed by atoms with van der Waals surface area (Å²) in [4.78, 5) is 35.8. The van der Waals surface area contributed by atoms with Crippen molar-refractivity contribution in [2.75, 3.05) is 13.2 Å². The van der Waals surface area contributed by atoms with Crippen molar-refractivity contribution in [2.24, 2.45) is 5.92 Å². The van der Waals surface area contributed by atoms with E-state index in [1.807, 2.05) is 12.1 Å². The van der Waals surface area contributed by atoms with Gasteiger partial charge >= 0.3 is 4.87 Å². The van der Waals surface area contributed by atoms with E-state index in [1.54, 1.807) is 41.8 Å². The van der Waals surface area contributed by atoms with Gasteiger partial charge in [-0.2, -0.15) is 0 Å². The highest BCUT2D eigenvalue weighted by Gasteiger charge is 2.30. The number of hydrogen-bond acceptors (Lipinski definition) is 7. The smallest absolute Gasteiger partial charge is 0.308 e. The molecule has 32 heavy (non-hydrogen) atoms. The number of thiazole rings is 1. The van der Waals surface area contributed by atoms with E-state index in [0.717, 1.165) is 40.0 Å². The van der Waals surface area contributed by atoms with Gasteiger partial charge in [-0.3, -0.25) is 14.2 Å². The van der Waals surface area contributed by atoms with Crippen molar-refractivity contribution in [1.82, 2.24) is 4.57 Å². The number of nitrogens with zero attached hydrogens (tertiary/aromatic N) is 1. The molecule has 1 aromatic heterocycles. The standard InChI is InChI=1S/C24H25NO6S/c1-2-30-20(23(27)28)13-15-3-8-18(9-4-15)31-12-11-25-19-10-7-17(22(26)16-5-6-16)14-21(19)32-24(25)29/h3-4,7-10,14,16,20H,2,5-6,11-13H2,1H3,(H,27,28)/p-1. The number of aromatic nitrogens is 1. The van der Waals surface area contributed by atoms with Gasteiger partial charge in [0.15, 0.2) is 5.78 Å². The largest absolute Gasteiger partial charge is 0.547 e. The number of carbonyl (C=O) groups excluding carboxylic acids is 2. The molecule has 0 saturated heterocycles. The first-order chi connectivity index (χ1) is 15.5. The Kier molecular flexibility index (Phi) is 6.72. The molecule has 7 nitrogen and oxygen atoms in total. The molecule has 1 unspecified atom stereocenters. The molecular weight excluding hydrogens is 430 g/mol. The number of ketones is 1. The summed E-state index contributed by atoms with van der Waals surface area (Å²) in [6, 6.07) is 12.6. The zero-order valence-corrected chi connectivity index (χ0v) is 18.6. The Morgan fingerprint density at radius 1 is 1.19 bits per heavy atom. The highest BCUT2D eigenvalue weighted by molar-refractivity contribution is 7.16. The van der Waals surface area contributed by atoms with Crippen LogP contribution >= 0.6 is 11.3 Å². The van der Waals surface area contributed by atoms with Crippen LogP contribution in [-0.2, 0) is 22.5 Å². The summed E-state index contributed by atoms with van der Waals surface area (Å²) in [6.45, 7) is 2.72. The molecule has 0 bridgehead atoms. The molecule has 1 aliphatic carbocycles. The van der Waals surface area contributed by atoms with Gasteiger partial charge in [-0.1, -0.05) is 23.5 Å². The van der Waals surface area contributed by atoms with Crippen molar-refractivity contribution in [3.63, 3.8) is 0 Å². The van der Waals surface area contributed by atoms with Gasteiger partial charge in [-0.15, -0.1) is 0 Å². The number of carbonyl (C=O) groups is 2. The second kappa shape index (κ2) is 9.67. The van der Waals surface area contributed by atoms with Crippen molar-refractivity contribution in [2.45, 2.75) is 38.8 Å². The average Bonchev–Trinajstić information content (AvgIpc) is 3.58. The molecule has 0 N–H and O–H groups in total. The van der Waals surface area contributed by atoms with Crippen molar-refractivity contribution in [1.29, 1.82) is 0 Å². The Morgan fingerprint density at radius 2 is 1.94 bits per heavy atom. The minimum Gasteiger partial charge on any atom is -0.547 e. The Hall–Kier alpha value is -2.97. The van der Waals surface area contributed by atoms with E-state index in [0.29, 0.717) is 31.1 Å². The van der Waals surface area contributed by atoms with Crippen LogP contribution in [-0.4, -0.2) is 35.6 Å². The number of hydrogen-bond donors (Lipinski definition) is 0. The van der Waals surface area contributed by atoms with Gasteiger partial charge in [-0.25, -0.2) is 0 Å². The van der Waals surface area contributed by atoms with Crippen molar-refractivity contribution < 1.29 is 24.2 Å². The summed E-state index contributed by atoms with van der Waals surface area (Å²) in [7, 11) is 0. The van der Waals surface area contributed by atoms with Gasteiger partial charge in [0.1, 0.15) is 18.5 Å². The lowest BCUT2D eigenvalue weighted by atomic mass is 10.1. The number of benzene rings is 2. The molecule has 1 heterocycles. The second-order valence-corrected chi connectivity index (χ2v) is 8.79. The van der Waals surface area contributed by atoms with Gasteiger partial charge in [0.05, 0.1) is 22.7 Å². The molecule has 1 fully saturated rings. The molecule has 0 amide bonds. The van der Waals surface area contributed by atoms with Crippen LogP contribution in [0.5, 0.6) is 5.75 Å². The summed E-state index contributed by atoms with van der Waals surface area (Å²) in [6.07, 6.45) is 1.15. The quantitative estimate of drug-likeness (QED) is 0.413. The van der Waals surface area contributed by atoms with E-state index < -0.39 is 12.1 Å². The molecule has 168 valence electrons. The summed E-state index contributed by atoms with van der Waals surface area (Å²) in [5.41, 5.74) is 2.28. The predicted octanol–water partition coefficient (Wildman–Crippen LogP) is 2.43. The molecule has 4 rings (SSSR count). The minimum atomic E-state index is -1.23. The summed E-state index contributed by atoms with van der Waals surface area (Å²) >= 11 is 1.14. The van der Waals surface area contributed by atoms with Gasteiger partial charge in [0.25, 0.3) is 0 Å². The number of aliphatic carboxylic acids is 1. The van der Waals surface area contributed by atoms with Crippen LogP contribution in [0.3, 0.4) is 0 Å². The topological polar surface area (TPSA) is 97.7 Å². The third-order valence-corrected chi connectivity index (χ3v) is 6.40. The SMILES string of the molecule is CCOC(Cc1ccc(OCCn2c(=O)sc3cc(C(=O)C4CC4)ccc32)cc1)C(=O)[O-]. The van der Waals surface area contributed by atoms with Gasteiger partial charge in [0.2, 0.25) is 0 Å². The van der Waals surface area contributed by atoms with Crippen LogP contribution in [0.2, 0.25) is 0 Å². The van der Waals surface area contributed by atoms with Gasteiger partial charge in [-0.05, 0) is 55.7 Å². The lowest BCUT2D eigenvalue weighted by Crippen LogP contribution is -2.39. The van der Waals surface area contributed by atoms with E-state index in [1.165, 1.54) is 0 Å². The van der Waals surface area contributed by atoms with Crippen LogP contribution in [0.1, 0.15) is 35.7 Å². The summed E-state index contributed by atoms with van der Waals surface area (Å²) in [5.74, 6) is -0.292. The Morgan fingerprint density at radius 3 is 2.59 bits per heavy atom. The van der Waals surface area contributed by atoms with Gasteiger partial charge < -0.3 is 19.4 Å². The molecule has 1 saturated carbocycles. The fourth-order valence-electron chi connectivity index (χ4n) is 3.61. The van der Waals surface area contributed by atoms with Crippen LogP contribution in [0.4, 0.5) is 0 Å². The molecular formula is C24H24NO6S-. The van der Waals surface area contributed by atoms with Crippen molar-refractivity contribution in [3.05, 3.63) is 63.3 Å². The Balaban J connectivity index is 1.37. The number of Topliss-reactive ketones (excluding diaryl/α,β-unsaturated/α-hetero) is 1. The minimum absolute atomic E-state index is 0.0841. The maximum atomic E-state index is 12.4. The summed E-state index contributed by atoms with van der Waals surface area (Å²) < 4.78 is 13.4. The third-order valence-electron chi connectivity index (χ3n) is 5.46. The molecule has 0 aliphatic heterocycles. The van der Waals surface area contributed by atoms with Gasteiger partial charge in [0, 0.05) is 24.5 Å². The Bertz CT molecular complexity index is 1180. The third kappa shape index (κ3) is 5.08. The number of rotatable bonds is 11. The molecule has 3 aromatic rings. The summed E-state index contributed by atoms with van der Waals surface area (Å²) in [5, 5.41) is 11.1. The first-order valence-electron chi connectivity index (χ1n) is 10.7. The van der Waals surface area contributed by atoms with E-state index in [9.17, 15) is 19.5 Å². The fourth-order valence-corrected chi connectivity index (χ4v) is 4.57. The number of fused-ring (bicyclic) bond motifs is 1. The molecule has 0 spiro atoms. The van der Waals surface area contributed by atoms with Crippen LogP contribution in [0.15, 0.2) is 47.3 Å². The molecule has 1 aliphatic rings. The first kappa shape index (κ1) is 22.2. The first-order valence-corrected chi connectivity index (χ1v) is 11.5. The van der Waals surface area contributed by atoms with E-state index in [2.05, 4.69) is 0 Å². The Labute approximate surface area is 189 Å². The molecule has 0 radical (unpaired) electrons. The highest BCUT2D eigenvalue weighted by Crippen LogP contribution is 2.33. The van der Waals surface area contributed by atoms with Crippen LogP contribution < -0.4 is 14.7 Å². The lowest BCUT2D eigenvalue weighted by molar-refractivity contribution is -0.316. The monoisotopic (exact) mass is 454 g/mol. The number of ether oxygens (including phenoxy) is 2.